The minimum absolute atomic E-state index is 0.0650. The highest BCUT2D eigenvalue weighted by Crippen LogP contribution is 2.38. The highest BCUT2D eigenvalue weighted by atomic mass is 35.5. The number of pyridine rings is 2. The zero-order valence-electron chi connectivity index (χ0n) is 19.3. The van der Waals surface area contributed by atoms with Crippen LogP contribution >= 0.6 is 34.7 Å². The Labute approximate surface area is 222 Å². The highest BCUT2D eigenvalue weighted by Gasteiger charge is 2.21. The molecular formula is C26H21ClN6OS2. The fourth-order valence-corrected chi connectivity index (χ4v) is 5.75. The molecule has 3 heterocycles. The molecule has 0 aliphatic heterocycles. The summed E-state index contributed by atoms with van der Waals surface area (Å²) in [6.07, 6.45) is 2.87. The van der Waals surface area contributed by atoms with Crippen LogP contribution in [0.2, 0.25) is 5.02 Å². The molecule has 0 saturated heterocycles. The number of rotatable bonds is 8. The summed E-state index contributed by atoms with van der Waals surface area (Å²) in [6, 6.07) is 15.5. The Kier molecular flexibility index (Phi) is 8.19. The Morgan fingerprint density at radius 2 is 1.78 bits per heavy atom. The van der Waals surface area contributed by atoms with Gasteiger partial charge < -0.3 is 10.8 Å². The van der Waals surface area contributed by atoms with Gasteiger partial charge in [-0.3, -0.25) is 4.98 Å². The van der Waals surface area contributed by atoms with E-state index in [2.05, 4.69) is 22.1 Å². The number of aliphatic hydroxyl groups is 1. The molecular weight excluding hydrogens is 512 g/mol. The molecule has 180 valence electrons. The number of nitrogens with zero attached hydrogens (tertiary/aromatic N) is 5. The maximum atomic E-state index is 10.0. The van der Waals surface area contributed by atoms with Gasteiger partial charge in [0.05, 0.1) is 11.3 Å². The Bertz CT molecular complexity index is 1470. The lowest BCUT2D eigenvalue weighted by atomic mass is 9.98. The molecule has 10 heteroatoms. The standard InChI is InChI=1S/C26H21ClN6OS2/c1-15-22(32-25(36-15)16-4-7-18(27)8-5-16)14-35-26-21(12-29)23(20(11-28)24(30)33-26)17-6-9-19(31-13-17)3-2-10-34/h4-9,13,34H,2-3,10,14H2,1H3,(H2,30,33). The molecule has 0 bridgehead atoms. The number of nitrogen functional groups attached to an aromatic ring is 1. The van der Waals surface area contributed by atoms with Crippen molar-refractivity contribution in [2.45, 2.75) is 30.5 Å². The number of aliphatic hydroxyl groups excluding tert-OH is 1. The molecule has 4 aromatic rings. The van der Waals surface area contributed by atoms with Crippen LogP contribution < -0.4 is 5.73 Å². The summed E-state index contributed by atoms with van der Waals surface area (Å²) in [7, 11) is 0. The van der Waals surface area contributed by atoms with E-state index in [1.165, 1.54) is 11.8 Å². The monoisotopic (exact) mass is 532 g/mol. The molecule has 0 radical (unpaired) electrons. The zero-order chi connectivity index (χ0) is 25.7. The minimum atomic E-state index is 0.0650. The molecule has 0 amide bonds. The van der Waals surface area contributed by atoms with Gasteiger partial charge in [0, 0.05) is 50.8 Å². The highest BCUT2D eigenvalue weighted by molar-refractivity contribution is 7.98. The van der Waals surface area contributed by atoms with Crippen molar-refractivity contribution < 1.29 is 5.11 Å². The fraction of sp³-hybridized carbons (Fsp3) is 0.192. The lowest BCUT2D eigenvalue weighted by Crippen LogP contribution is -2.04. The van der Waals surface area contributed by atoms with Gasteiger partial charge >= 0.3 is 0 Å². The molecule has 0 atom stereocenters. The largest absolute Gasteiger partial charge is 0.396 e. The third-order valence-corrected chi connectivity index (χ3v) is 7.75. The molecule has 0 unspecified atom stereocenters. The van der Waals surface area contributed by atoms with Gasteiger partial charge in [0.1, 0.15) is 33.6 Å². The van der Waals surface area contributed by atoms with Crippen molar-refractivity contribution in [1.82, 2.24) is 15.0 Å². The van der Waals surface area contributed by atoms with E-state index in [9.17, 15) is 10.5 Å². The number of halogens is 1. The van der Waals surface area contributed by atoms with Crippen LogP contribution in [0.5, 0.6) is 0 Å². The zero-order valence-corrected chi connectivity index (χ0v) is 21.7. The van der Waals surface area contributed by atoms with Gasteiger partial charge in [0.15, 0.2) is 0 Å². The van der Waals surface area contributed by atoms with Crippen LogP contribution in [-0.4, -0.2) is 26.7 Å². The van der Waals surface area contributed by atoms with E-state index in [-0.39, 0.29) is 23.6 Å². The molecule has 0 saturated carbocycles. The number of hydrogen-bond donors (Lipinski definition) is 2. The van der Waals surface area contributed by atoms with E-state index >= 15 is 0 Å². The summed E-state index contributed by atoms with van der Waals surface area (Å²) in [6.45, 7) is 2.09. The van der Waals surface area contributed by atoms with Gasteiger partial charge in [-0.05, 0) is 38.0 Å². The van der Waals surface area contributed by atoms with Crippen LogP contribution in [0.3, 0.4) is 0 Å². The first-order chi connectivity index (χ1) is 17.4. The van der Waals surface area contributed by atoms with E-state index in [0.29, 0.717) is 39.8 Å². The number of nitrogens with two attached hydrogens (primary N) is 1. The number of hydrogen-bond acceptors (Lipinski definition) is 9. The van der Waals surface area contributed by atoms with Gasteiger partial charge in [-0.25, -0.2) is 9.97 Å². The quantitative estimate of drug-likeness (QED) is 0.273. The van der Waals surface area contributed by atoms with Gasteiger partial charge in [0.25, 0.3) is 0 Å². The number of aromatic nitrogens is 3. The van der Waals surface area contributed by atoms with Crippen LogP contribution in [0.25, 0.3) is 21.7 Å². The van der Waals surface area contributed by atoms with Crippen molar-refractivity contribution in [3.05, 3.63) is 75.0 Å². The lowest BCUT2D eigenvalue weighted by molar-refractivity contribution is 0.288. The van der Waals surface area contributed by atoms with Crippen molar-refractivity contribution in [1.29, 1.82) is 10.5 Å². The Morgan fingerprint density at radius 3 is 2.42 bits per heavy atom. The lowest BCUT2D eigenvalue weighted by Gasteiger charge is -2.13. The Balaban J connectivity index is 1.66. The van der Waals surface area contributed by atoms with Crippen LogP contribution in [0.15, 0.2) is 47.6 Å². The van der Waals surface area contributed by atoms with Crippen molar-refractivity contribution in [2.24, 2.45) is 0 Å². The van der Waals surface area contributed by atoms with Crippen LogP contribution in [-0.2, 0) is 12.2 Å². The first kappa shape index (κ1) is 25.6. The van der Waals surface area contributed by atoms with Crippen molar-refractivity contribution >= 4 is 40.5 Å². The average Bonchev–Trinajstić information content (AvgIpc) is 3.26. The summed E-state index contributed by atoms with van der Waals surface area (Å²) in [4.78, 5) is 14.7. The van der Waals surface area contributed by atoms with Crippen LogP contribution in [0, 0.1) is 29.6 Å². The minimum Gasteiger partial charge on any atom is -0.396 e. The molecule has 0 aliphatic carbocycles. The van der Waals surface area contributed by atoms with Crippen LogP contribution in [0.4, 0.5) is 5.82 Å². The molecule has 0 aliphatic rings. The topological polar surface area (TPSA) is 132 Å². The number of thiazole rings is 1. The molecule has 0 spiro atoms. The smallest absolute Gasteiger partial charge is 0.143 e. The van der Waals surface area contributed by atoms with Crippen molar-refractivity contribution in [3.63, 3.8) is 0 Å². The van der Waals surface area contributed by atoms with E-state index < -0.39 is 0 Å². The maximum Gasteiger partial charge on any atom is 0.143 e. The van der Waals surface area contributed by atoms with Crippen molar-refractivity contribution in [3.8, 4) is 33.8 Å². The summed E-state index contributed by atoms with van der Waals surface area (Å²) in [5.41, 5.74) is 10.3. The third-order valence-electron chi connectivity index (χ3n) is 5.45. The van der Waals surface area contributed by atoms with E-state index in [4.69, 9.17) is 27.4 Å². The summed E-state index contributed by atoms with van der Waals surface area (Å²) in [5.74, 6) is 0.552. The summed E-state index contributed by atoms with van der Waals surface area (Å²) in [5, 5.41) is 30.8. The normalized spacial score (nSPS) is 10.7. The van der Waals surface area contributed by atoms with Crippen molar-refractivity contribution in [2.75, 3.05) is 12.3 Å². The predicted molar refractivity (Wildman–Crippen MR) is 144 cm³/mol. The molecule has 3 aromatic heterocycles. The predicted octanol–water partition coefficient (Wildman–Crippen LogP) is 5.77. The number of nitriles is 2. The first-order valence-corrected chi connectivity index (χ1v) is 13.2. The number of benzene rings is 1. The second-order valence-corrected chi connectivity index (χ2v) is 10.4. The Hall–Kier alpha value is -3.47. The van der Waals surface area contributed by atoms with E-state index in [0.717, 1.165) is 26.8 Å². The third kappa shape index (κ3) is 5.51. The molecule has 4 rings (SSSR count). The number of thioether (sulfide) groups is 1. The van der Waals surface area contributed by atoms with Gasteiger partial charge in [-0.15, -0.1) is 11.3 Å². The molecule has 1 aromatic carbocycles. The molecule has 0 fully saturated rings. The molecule has 36 heavy (non-hydrogen) atoms. The van der Waals surface area contributed by atoms with E-state index in [1.807, 2.05) is 43.3 Å². The van der Waals surface area contributed by atoms with E-state index in [1.54, 1.807) is 17.5 Å². The van der Waals surface area contributed by atoms with Gasteiger partial charge in [0.2, 0.25) is 0 Å². The average molecular weight is 533 g/mol. The second-order valence-electron chi connectivity index (χ2n) is 7.83. The van der Waals surface area contributed by atoms with Gasteiger partial charge in [-0.1, -0.05) is 41.6 Å². The Morgan fingerprint density at radius 1 is 1.06 bits per heavy atom. The number of anilines is 1. The molecule has 7 nitrogen and oxygen atoms in total. The molecule has 3 N–H and O–H groups in total. The van der Waals surface area contributed by atoms with Crippen LogP contribution in [0.1, 0.15) is 33.8 Å². The number of aryl methyl sites for hydroxylation is 2. The maximum absolute atomic E-state index is 10.0. The van der Waals surface area contributed by atoms with Gasteiger partial charge in [-0.2, -0.15) is 10.5 Å². The second kappa shape index (κ2) is 11.5. The SMILES string of the molecule is Cc1sc(-c2ccc(Cl)cc2)nc1CSc1nc(N)c(C#N)c(-c2ccc(CCCO)nc2)c1C#N. The summed E-state index contributed by atoms with van der Waals surface area (Å²) < 4.78 is 0. The fourth-order valence-electron chi connectivity index (χ4n) is 3.59. The summed E-state index contributed by atoms with van der Waals surface area (Å²) >= 11 is 8.95. The first-order valence-electron chi connectivity index (χ1n) is 11.0.